The summed E-state index contributed by atoms with van der Waals surface area (Å²) in [4.78, 5) is 20.2. The molecular formula is C25H30N4O. The predicted octanol–water partition coefficient (Wildman–Crippen LogP) is 4.86. The lowest BCUT2D eigenvalue weighted by Crippen LogP contribution is -2.30. The van der Waals surface area contributed by atoms with Crippen molar-refractivity contribution in [3.63, 3.8) is 0 Å². The molecule has 2 aliphatic rings. The molecule has 0 spiro atoms. The van der Waals surface area contributed by atoms with Crippen molar-refractivity contribution in [3.05, 3.63) is 65.4 Å². The molecule has 0 bridgehead atoms. The minimum absolute atomic E-state index is 0.149. The Hall–Kier alpha value is -2.82. The van der Waals surface area contributed by atoms with E-state index in [1.807, 2.05) is 43.3 Å². The number of nitrogens with zero attached hydrogens (tertiary/aromatic N) is 4. The maximum Gasteiger partial charge on any atom is 0.255 e. The van der Waals surface area contributed by atoms with Gasteiger partial charge in [0.25, 0.3) is 5.91 Å². The van der Waals surface area contributed by atoms with Gasteiger partial charge in [-0.3, -0.25) is 4.79 Å². The number of aryl methyl sites for hydroxylation is 1. The fourth-order valence-electron chi connectivity index (χ4n) is 5.02. The van der Waals surface area contributed by atoms with Crippen molar-refractivity contribution in [3.8, 4) is 11.3 Å². The van der Waals surface area contributed by atoms with E-state index < -0.39 is 0 Å². The van der Waals surface area contributed by atoms with Crippen LogP contribution in [0.4, 0.5) is 0 Å². The number of amides is 1. The number of carbonyl (C=O) groups is 1. The van der Waals surface area contributed by atoms with Gasteiger partial charge in [-0.05, 0) is 44.7 Å². The molecule has 1 aliphatic carbocycles. The van der Waals surface area contributed by atoms with Crippen molar-refractivity contribution in [1.82, 2.24) is 19.0 Å². The molecule has 1 unspecified atom stereocenters. The average molecular weight is 403 g/mol. The van der Waals surface area contributed by atoms with Crippen LogP contribution in [0, 0.1) is 13.8 Å². The Morgan fingerprint density at radius 3 is 2.57 bits per heavy atom. The molecule has 0 N–H and O–H groups in total. The maximum absolute atomic E-state index is 13.4. The number of carbonyl (C=O) groups excluding carboxylic acids is 1. The summed E-state index contributed by atoms with van der Waals surface area (Å²) in [6, 6.07) is 12.7. The Kier molecular flexibility index (Phi) is 4.76. The van der Waals surface area contributed by atoms with Crippen LogP contribution in [0.3, 0.4) is 0 Å². The molecule has 156 valence electrons. The molecule has 30 heavy (non-hydrogen) atoms. The Labute approximate surface area is 178 Å². The van der Waals surface area contributed by atoms with Crippen LogP contribution in [-0.4, -0.2) is 38.0 Å². The van der Waals surface area contributed by atoms with Crippen LogP contribution in [0.1, 0.15) is 65.2 Å². The molecule has 1 aromatic carbocycles. The molecule has 1 saturated carbocycles. The van der Waals surface area contributed by atoms with Crippen LogP contribution in [-0.2, 0) is 7.05 Å². The van der Waals surface area contributed by atoms with Crippen molar-refractivity contribution < 1.29 is 4.79 Å². The largest absolute Gasteiger partial charge is 0.347 e. The summed E-state index contributed by atoms with van der Waals surface area (Å²) >= 11 is 0. The molecule has 0 radical (unpaired) electrons. The summed E-state index contributed by atoms with van der Waals surface area (Å²) in [5, 5.41) is 0. The van der Waals surface area contributed by atoms with E-state index in [9.17, 15) is 4.79 Å². The van der Waals surface area contributed by atoms with E-state index in [0.717, 1.165) is 42.0 Å². The van der Waals surface area contributed by atoms with Crippen molar-refractivity contribution in [2.24, 2.45) is 7.05 Å². The van der Waals surface area contributed by atoms with Crippen LogP contribution in [0.5, 0.6) is 0 Å². The first-order chi connectivity index (χ1) is 14.5. The van der Waals surface area contributed by atoms with Crippen molar-refractivity contribution in [2.45, 2.75) is 51.5 Å². The van der Waals surface area contributed by atoms with Gasteiger partial charge in [0.05, 0.1) is 11.6 Å². The molecule has 3 aromatic rings. The van der Waals surface area contributed by atoms with Crippen LogP contribution in [0.2, 0.25) is 0 Å². The van der Waals surface area contributed by atoms with Gasteiger partial charge in [-0.1, -0.05) is 36.8 Å². The molecule has 3 heterocycles. The van der Waals surface area contributed by atoms with Gasteiger partial charge in [0.1, 0.15) is 5.82 Å². The number of likely N-dealkylation sites (tertiary alicyclic amines) is 1. The maximum atomic E-state index is 13.4. The minimum Gasteiger partial charge on any atom is -0.347 e. The topological polar surface area (TPSA) is 43.1 Å². The molecule has 2 aromatic heterocycles. The van der Waals surface area contributed by atoms with Gasteiger partial charge in [0, 0.05) is 49.3 Å². The zero-order valence-electron chi connectivity index (χ0n) is 18.1. The zero-order valence-corrected chi connectivity index (χ0v) is 18.1. The molecule has 5 heteroatoms. The highest BCUT2D eigenvalue weighted by atomic mass is 16.2. The summed E-state index contributed by atoms with van der Waals surface area (Å²) in [6.45, 7) is 5.76. The molecule has 1 amide bonds. The molecular weight excluding hydrogens is 372 g/mol. The van der Waals surface area contributed by atoms with Crippen LogP contribution in [0.25, 0.3) is 11.3 Å². The number of benzene rings is 1. The molecule has 1 saturated heterocycles. The normalized spacial score (nSPS) is 19.3. The highest BCUT2D eigenvalue weighted by Gasteiger charge is 2.34. The average Bonchev–Trinajstić information content (AvgIpc) is 3.40. The van der Waals surface area contributed by atoms with Gasteiger partial charge in [-0.25, -0.2) is 4.98 Å². The number of aromatic nitrogens is 3. The minimum atomic E-state index is 0.149. The second-order valence-electron chi connectivity index (χ2n) is 8.90. The molecule has 2 fully saturated rings. The molecule has 5 rings (SSSR count). The first-order valence-electron chi connectivity index (χ1n) is 11.1. The van der Waals surface area contributed by atoms with Crippen LogP contribution >= 0.6 is 0 Å². The fourth-order valence-corrected chi connectivity index (χ4v) is 5.02. The fraction of sp³-hybridized carbons (Fsp3) is 0.440. The summed E-state index contributed by atoms with van der Waals surface area (Å²) in [5.74, 6) is 1.99. The summed E-state index contributed by atoms with van der Waals surface area (Å²) < 4.78 is 4.55. The van der Waals surface area contributed by atoms with Gasteiger partial charge in [-0.2, -0.15) is 0 Å². The third kappa shape index (κ3) is 3.08. The molecule has 1 atom stereocenters. The van der Waals surface area contributed by atoms with E-state index in [2.05, 4.69) is 34.3 Å². The number of imidazole rings is 1. The Bertz CT molecular complexity index is 1070. The third-order valence-corrected chi connectivity index (χ3v) is 7.13. The van der Waals surface area contributed by atoms with E-state index in [4.69, 9.17) is 4.98 Å². The first-order valence-corrected chi connectivity index (χ1v) is 11.1. The van der Waals surface area contributed by atoms with Crippen molar-refractivity contribution in [2.75, 3.05) is 13.1 Å². The van der Waals surface area contributed by atoms with Gasteiger partial charge in [0.2, 0.25) is 0 Å². The SMILES string of the molecule is Cc1c(C(=O)N2CCC(n3c(C)cnc3C3CCC3)C2)cc(-c2ccccc2)n1C. The number of rotatable bonds is 4. The third-order valence-electron chi connectivity index (χ3n) is 7.13. The van der Waals surface area contributed by atoms with Crippen LogP contribution < -0.4 is 0 Å². The van der Waals surface area contributed by atoms with Crippen molar-refractivity contribution >= 4 is 5.91 Å². The van der Waals surface area contributed by atoms with Gasteiger partial charge in [0.15, 0.2) is 0 Å². The number of hydrogen-bond donors (Lipinski definition) is 0. The summed E-state index contributed by atoms with van der Waals surface area (Å²) in [6.07, 6.45) is 6.81. The molecule has 1 aliphatic heterocycles. The smallest absolute Gasteiger partial charge is 0.255 e. The van der Waals surface area contributed by atoms with Gasteiger partial charge in [-0.15, -0.1) is 0 Å². The quantitative estimate of drug-likeness (QED) is 0.625. The second-order valence-corrected chi connectivity index (χ2v) is 8.90. The summed E-state index contributed by atoms with van der Waals surface area (Å²) in [7, 11) is 2.04. The van der Waals surface area contributed by atoms with Crippen molar-refractivity contribution in [1.29, 1.82) is 0 Å². The highest BCUT2D eigenvalue weighted by molar-refractivity contribution is 5.97. The Morgan fingerprint density at radius 1 is 1.10 bits per heavy atom. The Balaban J connectivity index is 1.38. The first kappa shape index (κ1) is 19.2. The summed E-state index contributed by atoms with van der Waals surface area (Å²) in [5.41, 5.74) is 5.29. The zero-order chi connectivity index (χ0) is 20.8. The van der Waals surface area contributed by atoms with Crippen LogP contribution in [0.15, 0.2) is 42.6 Å². The lowest BCUT2D eigenvalue weighted by atomic mass is 9.84. The highest BCUT2D eigenvalue weighted by Crippen LogP contribution is 2.38. The van der Waals surface area contributed by atoms with E-state index >= 15 is 0 Å². The van der Waals surface area contributed by atoms with Gasteiger partial charge >= 0.3 is 0 Å². The lowest BCUT2D eigenvalue weighted by molar-refractivity contribution is 0.0786. The second kappa shape index (κ2) is 7.46. The predicted molar refractivity (Wildman–Crippen MR) is 119 cm³/mol. The Morgan fingerprint density at radius 2 is 1.87 bits per heavy atom. The lowest BCUT2D eigenvalue weighted by Gasteiger charge is -2.28. The standard InChI is InChI=1S/C25H30N4O/c1-17-15-26-24(20-10-7-11-20)29(17)21-12-13-28(16-21)25(30)22-14-23(27(3)18(22)2)19-8-5-4-6-9-19/h4-6,8-9,14-15,20-21H,7,10-13,16H2,1-3H3. The monoisotopic (exact) mass is 402 g/mol. The van der Waals surface area contributed by atoms with E-state index in [1.54, 1.807) is 0 Å². The number of hydrogen-bond acceptors (Lipinski definition) is 2. The van der Waals surface area contributed by atoms with E-state index in [0.29, 0.717) is 12.0 Å². The van der Waals surface area contributed by atoms with E-state index in [-0.39, 0.29) is 5.91 Å². The molecule has 5 nitrogen and oxygen atoms in total. The van der Waals surface area contributed by atoms with E-state index in [1.165, 1.54) is 30.8 Å². The van der Waals surface area contributed by atoms with Gasteiger partial charge < -0.3 is 14.0 Å².